The molecule has 3 rings (SSSR count). The van der Waals surface area contributed by atoms with Crippen molar-refractivity contribution in [2.75, 3.05) is 20.1 Å². The smallest absolute Gasteiger partial charge is 0.171 e. The molecule has 1 aliphatic rings. The highest BCUT2D eigenvalue weighted by atomic mass is 19.1. The van der Waals surface area contributed by atoms with E-state index in [0.717, 1.165) is 50.2 Å². The van der Waals surface area contributed by atoms with Gasteiger partial charge in [-0.15, -0.1) is 0 Å². The Morgan fingerprint density at radius 3 is 2.60 bits per heavy atom. The number of aromatic nitrogens is 1. The topological polar surface area (TPSA) is 33.2 Å². The van der Waals surface area contributed by atoms with Crippen molar-refractivity contribution in [1.29, 1.82) is 0 Å². The van der Waals surface area contributed by atoms with Crippen molar-refractivity contribution < 1.29 is 13.6 Å². The van der Waals surface area contributed by atoms with Crippen LogP contribution < -0.4 is 0 Å². The number of carbonyl (C=O) groups is 1. The third-order valence-electron chi connectivity index (χ3n) is 4.77. The maximum absolute atomic E-state index is 13.7. The molecule has 0 atom stereocenters. The first-order chi connectivity index (χ1) is 12.0. The van der Waals surface area contributed by atoms with E-state index in [1.165, 1.54) is 6.07 Å². The van der Waals surface area contributed by atoms with E-state index in [9.17, 15) is 13.6 Å². The van der Waals surface area contributed by atoms with Crippen LogP contribution in [0.3, 0.4) is 0 Å². The summed E-state index contributed by atoms with van der Waals surface area (Å²) in [5, 5.41) is 0. The number of pyridine rings is 1. The largest absolute Gasteiger partial charge is 0.306 e. The zero-order chi connectivity index (χ0) is 17.8. The van der Waals surface area contributed by atoms with E-state index in [1.54, 1.807) is 6.07 Å². The minimum absolute atomic E-state index is 0.0177. The molecule has 1 fully saturated rings. The van der Waals surface area contributed by atoms with Gasteiger partial charge in [0.2, 0.25) is 0 Å². The van der Waals surface area contributed by atoms with E-state index < -0.39 is 11.6 Å². The molecule has 0 radical (unpaired) electrons. The molecule has 2 heterocycles. The Hall–Kier alpha value is -2.14. The van der Waals surface area contributed by atoms with Gasteiger partial charge < -0.3 is 4.90 Å². The number of hydrogen-bond donors (Lipinski definition) is 0. The zero-order valence-electron chi connectivity index (χ0n) is 14.3. The second kappa shape index (κ2) is 7.83. The van der Waals surface area contributed by atoms with Gasteiger partial charge in [0.25, 0.3) is 0 Å². The summed E-state index contributed by atoms with van der Waals surface area (Å²) in [6.45, 7) is 2.21. The fourth-order valence-corrected chi connectivity index (χ4v) is 3.28. The number of halogens is 2. The molecule has 1 aromatic heterocycles. The van der Waals surface area contributed by atoms with Gasteiger partial charge in [-0.05, 0) is 69.6 Å². The van der Waals surface area contributed by atoms with Gasteiger partial charge in [0.05, 0.1) is 12.0 Å². The summed E-state index contributed by atoms with van der Waals surface area (Å²) in [6, 6.07) is 8.66. The number of carbonyl (C=O) groups excluding carboxylic acids is 1. The molecule has 1 saturated heterocycles. The van der Waals surface area contributed by atoms with Crippen LogP contribution in [0.15, 0.2) is 36.4 Å². The van der Waals surface area contributed by atoms with Crippen molar-refractivity contribution in [3.05, 3.63) is 65.0 Å². The average molecular weight is 344 g/mol. The summed E-state index contributed by atoms with van der Waals surface area (Å²) in [6.07, 6.45) is 3.23. The molecule has 1 aromatic carbocycles. The standard InChI is InChI=1S/C20H22F2N2O/c1-24-9-7-14(8-10-24)11-16-3-2-4-17(23-16)13-20(25)18-6-5-15(21)12-19(18)22/h2-6,12,14H,7-11,13H2,1H3. The Balaban J connectivity index is 1.66. The molecule has 3 nitrogen and oxygen atoms in total. The summed E-state index contributed by atoms with van der Waals surface area (Å²) < 4.78 is 26.7. The number of nitrogens with zero attached hydrogens (tertiary/aromatic N) is 2. The average Bonchev–Trinajstić information content (AvgIpc) is 2.57. The lowest BCUT2D eigenvalue weighted by Crippen LogP contribution is -2.31. The Kier molecular flexibility index (Phi) is 5.53. The summed E-state index contributed by atoms with van der Waals surface area (Å²) in [5.41, 5.74) is 1.50. The summed E-state index contributed by atoms with van der Waals surface area (Å²) in [7, 11) is 2.13. The number of benzene rings is 1. The Bertz CT molecular complexity index is 755. The van der Waals surface area contributed by atoms with Crippen molar-refractivity contribution in [3.63, 3.8) is 0 Å². The number of Topliss-reactive ketones (excluding diaryl/α,β-unsaturated/α-hetero) is 1. The lowest BCUT2D eigenvalue weighted by molar-refractivity contribution is 0.0988. The van der Waals surface area contributed by atoms with Gasteiger partial charge in [-0.3, -0.25) is 9.78 Å². The Morgan fingerprint density at radius 2 is 1.88 bits per heavy atom. The second-order valence-electron chi connectivity index (χ2n) is 6.80. The Morgan fingerprint density at radius 1 is 1.16 bits per heavy atom. The minimum Gasteiger partial charge on any atom is -0.306 e. The van der Waals surface area contributed by atoms with Crippen LogP contribution in [0.1, 0.15) is 34.6 Å². The maximum atomic E-state index is 13.7. The molecule has 0 N–H and O–H groups in total. The summed E-state index contributed by atoms with van der Waals surface area (Å²) >= 11 is 0. The van der Waals surface area contributed by atoms with Crippen molar-refractivity contribution in [3.8, 4) is 0 Å². The first kappa shape index (κ1) is 17.7. The van der Waals surface area contributed by atoms with E-state index >= 15 is 0 Å². The predicted octanol–water partition coefficient (Wildman–Crippen LogP) is 3.67. The van der Waals surface area contributed by atoms with Crippen molar-refractivity contribution in [2.45, 2.75) is 25.7 Å². The molecule has 5 heteroatoms. The third-order valence-corrected chi connectivity index (χ3v) is 4.77. The number of hydrogen-bond acceptors (Lipinski definition) is 3. The molecule has 0 bridgehead atoms. The normalized spacial score (nSPS) is 16.1. The minimum atomic E-state index is -0.826. The quantitative estimate of drug-likeness (QED) is 0.776. The highest BCUT2D eigenvalue weighted by Gasteiger charge is 2.18. The SMILES string of the molecule is CN1CCC(Cc2cccc(CC(=O)c3ccc(F)cc3F)n2)CC1. The number of ketones is 1. The van der Waals surface area contributed by atoms with E-state index in [2.05, 4.69) is 16.9 Å². The maximum Gasteiger partial charge on any atom is 0.171 e. The molecule has 0 saturated carbocycles. The molecule has 2 aromatic rings. The van der Waals surface area contributed by atoms with Crippen LogP contribution in [-0.4, -0.2) is 35.8 Å². The number of rotatable bonds is 5. The first-order valence-corrected chi connectivity index (χ1v) is 8.63. The second-order valence-corrected chi connectivity index (χ2v) is 6.80. The highest BCUT2D eigenvalue weighted by molar-refractivity contribution is 5.97. The van der Waals surface area contributed by atoms with Crippen LogP contribution >= 0.6 is 0 Å². The van der Waals surface area contributed by atoms with E-state index in [-0.39, 0.29) is 17.8 Å². The van der Waals surface area contributed by atoms with Gasteiger partial charge in [-0.2, -0.15) is 0 Å². The van der Waals surface area contributed by atoms with E-state index in [4.69, 9.17) is 0 Å². The number of likely N-dealkylation sites (tertiary alicyclic amines) is 1. The lowest BCUT2D eigenvalue weighted by Gasteiger charge is -2.28. The Labute approximate surface area is 146 Å². The van der Waals surface area contributed by atoms with Gasteiger partial charge in [-0.1, -0.05) is 6.07 Å². The van der Waals surface area contributed by atoms with Crippen molar-refractivity contribution in [2.24, 2.45) is 5.92 Å². The lowest BCUT2D eigenvalue weighted by atomic mass is 9.92. The summed E-state index contributed by atoms with van der Waals surface area (Å²) in [4.78, 5) is 19.2. The molecule has 0 spiro atoms. The first-order valence-electron chi connectivity index (χ1n) is 8.63. The number of piperidine rings is 1. The van der Waals surface area contributed by atoms with Crippen LogP contribution in [0.4, 0.5) is 8.78 Å². The van der Waals surface area contributed by atoms with Gasteiger partial charge in [0.15, 0.2) is 5.78 Å². The molecular formula is C20H22F2N2O. The van der Waals surface area contributed by atoms with Crippen LogP contribution in [0, 0.1) is 17.6 Å². The van der Waals surface area contributed by atoms with Gasteiger partial charge in [0, 0.05) is 17.5 Å². The third kappa shape index (κ3) is 4.69. The molecule has 1 aliphatic heterocycles. The van der Waals surface area contributed by atoms with Crippen molar-refractivity contribution >= 4 is 5.78 Å². The van der Waals surface area contributed by atoms with Crippen LogP contribution in [0.5, 0.6) is 0 Å². The fourth-order valence-electron chi connectivity index (χ4n) is 3.28. The van der Waals surface area contributed by atoms with E-state index in [1.807, 2.05) is 12.1 Å². The van der Waals surface area contributed by atoms with Crippen molar-refractivity contribution in [1.82, 2.24) is 9.88 Å². The molecule has 25 heavy (non-hydrogen) atoms. The molecule has 0 amide bonds. The molecule has 0 unspecified atom stereocenters. The highest BCUT2D eigenvalue weighted by Crippen LogP contribution is 2.20. The molecular weight excluding hydrogens is 322 g/mol. The van der Waals surface area contributed by atoms with Crippen LogP contribution in [0.25, 0.3) is 0 Å². The van der Waals surface area contributed by atoms with Gasteiger partial charge in [0.1, 0.15) is 11.6 Å². The van der Waals surface area contributed by atoms with Gasteiger partial charge >= 0.3 is 0 Å². The van der Waals surface area contributed by atoms with Gasteiger partial charge in [-0.25, -0.2) is 8.78 Å². The molecule has 0 aliphatic carbocycles. The molecule has 132 valence electrons. The predicted molar refractivity (Wildman–Crippen MR) is 92.6 cm³/mol. The van der Waals surface area contributed by atoms with Crippen LogP contribution in [-0.2, 0) is 12.8 Å². The summed E-state index contributed by atoms with van der Waals surface area (Å²) in [5.74, 6) is -1.29. The van der Waals surface area contributed by atoms with E-state index in [0.29, 0.717) is 11.6 Å². The fraction of sp³-hybridized carbons (Fsp3) is 0.400. The zero-order valence-corrected chi connectivity index (χ0v) is 14.3. The monoisotopic (exact) mass is 344 g/mol. The van der Waals surface area contributed by atoms with Crippen LogP contribution in [0.2, 0.25) is 0 Å².